The first-order chi connectivity index (χ1) is 13.9. The molecule has 3 rings (SSSR count). The van der Waals surface area contributed by atoms with Crippen LogP contribution in [0.15, 0.2) is 46.9 Å². The fourth-order valence-corrected chi connectivity index (χ4v) is 2.66. The van der Waals surface area contributed by atoms with Gasteiger partial charge in [0.2, 0.25) is 0 Å². The third-order valence-electron chi connectivity index (χ3n) is 3.95. The van der Waals surface area contributed by atoms with E-state index in [9.17, 15) is 4.79 Å². The molecular weight excluding hydrogens is 400 g/mol. The van der Waals surface area contributed by atoms with Gasteiger partial charge in [0.05, 0.1) is 32.0 Å². The molecule has 0 aliphatic rings. The molecule has 2 aromatic carbocycles. The van der Waals surface area contributed by atoms with Crippen molar-refractivity contribution in [3.63, 3.8) is 0 Å². The second-order valence-corrected chi connectivity index (χ2v) is 6.17. The maximum atomic E-state index is 12.6. The minimum absolute atomic E-state index is 0.0291. The van der Waals surface area contributed by atoms with Gasteiger partial charge in [0.25, 0.3) is 11.9 Å². The highest BCUT2D eigenvalue weighted by atomic mass is 35.5. The van der Waals surface area contributed by atoms with Gasteiger partial charge < -0.3 is 34.4 Å². The molecule has 0 atom stereocenters. The lowest BCUT2D eigenvalue weighted by Gasteiger charge is -2.15. The van der Waals surface area contributed by atoms with Gasteiger partial charge in [0, 0.05) is 24.3 Å². The second-order valence-electron chi connectivity index (χ2n) is 5.77. The first kappa shape index (κ1) is 20.2. The molecule has 0 unspecified atom stereocenters. The van der Waals surface area contributed by atoms with E-state index in [2.05, 4.69) is 5.32 Å². The topological polar surface area (TPSA) is 105 Å². The van der Waals surface area contributed by atoms with E-state index < -0.39 is 5.91 Å². The number of benzene rings is 2. The molecule has 8 nitrogen and oxygen atoms in total. The fourth-order valence-electron chi connectivity index (χ4n) is 2.49. The van der Waals surface area contributed by atoms with Crippen molar-refractivity contribution in [3.05, 3.63) is 53.2 Å². The summed E-state index contributed by atoms with van der Waals surface area (Å²) < 4.78 is 26.9. The summed E-state index contributed by atoms with van der Waals surface area (Å²) in [4.78, 5) is 12.6. The number of hydrogen-bond donors (Lipinski definition) is 2. The number of methoxy groups -OCH3 is 3. The summed E-state index contributed by atoms with van der Waals surface area (Å²) >= 11 is 5.97. The van der Waals surface area contributed by atoms with Crippen molar-refractivity contribution >= 4 is 28.9 Å². The van der Waals surface area contributed by atoms with Crippen LogP contribution in [-0.2, 0) is 0 Å². The van der Waals surface area contributed by atoms with Crippen LogP contribution in [0, 0.1) is 0 Å². The third-order valence-corrected chi connectivity index (χ3v) is 4.28. The Bertz CT molecular complexity index is 1010. The number of rotatable bonds is 7. The Kier molecular flexibility index (Phi) is 6.04. The zero-order valence-electron chi connectivity index (χ0n) is 15.9. The molecule has 0 spiro atoms. The van der Waals surface area contributed by atoms with Crippen LogP contribution in [0.3, 0.4) is 0 Å². The second kappa shape index (κ2) is 8.66. The molecule has 3 N–H and O–H groups in total. The maximum absolute atomic E-state index is 12.6. The average Bonchev–Trinajstić information content (AvgIpc) is 3.19. The van der Waals surface area contributed by atoms with Gasteiger partial charge in [-0.2, -0.15) is 0 Å². The van der Waals surface area contributed by atoms with Gasteiger partial charge in [0.1, 0.15) is 28.7 Å². The molecule has 0 radical (unpaired) electrons. The first-order valence-corrected chi connectivity index (χ1v) is 8.77. The van der Waals surface area contributed by atoms with Crippen molar-refractivity contribution in [3.8, 4) is 28.9 Å². The van der Waals surface area contributed by atoms with Crippen LogP contribution in [-0.4, -0.2) is 27.2 Å². The molecule has 1 amide bonds. The summed E-state index contributed by atoms with van der Waals surface area (Å²) in [6.45, 7) is 0. The fraction of sp³-hybridized carbons (Fsp3) is 0.150. The van der Waals surface area contributed by atoms with Crippen molar-refractivity contribution in [1.82, 2.24) is 0 Å². The number of nitrogens with two attached hydrogens (primary N) is 1. The number of halogens is 1. The number of furan rings is 1. The van der Waals surface area contributed by atoms with Crippen molar-refractivity contribution in [1.29, 1.82) is 0 Å². The van der Waals surface area contributed by atoms with Gasteiger partial charge in [-0.05, 0) is 18.2 Å². The summed E-state index contributed by atoms with van der Waals surface area (Å²) in [7, 11) is 4.46. The lowest BCUT2D eigenvalue weighted by molar-refractivity contribution is 0.0991. The summed E-state index contributed by atoms with van der Waals surface area (Å²) in [5.41, 5.74) is 6.44. The molecule has 0 saturated carbocycles. The zero-order chi connectivity index (χ0) is 21.0. The number of nitrogens with one attached hydrogen (secondary N) is 1. The van der Waals surface area contributed by atoms with E-state index in [1.54, 1.807) is 30.3 Å². The molecule has 1 heterocycles. The molecule has 152 valence electrons. The largest absolute Gasteiger partial charge is 0.496 e. The van der Waals surface area contributed by atoms with Gasteiger partial charge in [0.15, 0.2) is 5.76 Å². The van der Waals surface area contributed by atoms with Crippen molar-refractivity contribution in [2.75, 3.05) is 32.4 Å². The normalized spacial score (nSPS) is 10.3. The van der Waals surface area contributed by atoms with Crippen LogP contribution in [0.2, 0.25) is 5.02 Å². The van der Waals surface area contributed by atoms with E-state index in [0.29, 0.717) is 39.4 Å². The van der Waals surface area contributed by atoms with Crippen LogP contribution in [0.25, 0.3) is 0 Å². The minimum Gasteiger partial charge on any atom is -0.496 e. The van der Waals surface area contributed by atoms with E-state index >= 15 is 0 Å². The molecule has 29 heavy (non-hydrogen) atoms. The van der Waals surface area contributed by atoms with Crippen molar-refractivity contribution < 1.29 is 28.2 Å². The van der Waals surface area contributed by atoms with Crippen LogP contribution in [0.4, 0.5) is 11.4 Å². The van der Waals surface area contributed by atoms with Crippen molar-refractivity contribution in [2.24, 2.45) is 0 Å². The Morgan fingerprint density at radius 1 is 0.966 bits per heavy atom. The van der Waals surface area contributed by atoms with Gasteiger partial charge in [-0.3, -0.25) is 4.79 Å². The van der Waals surface area contributed by atoms with Crippen LogP contribution >= 0.6 is 11.6 Å². The first-order valence-electron chi connectivity index (χ1n) is 8.39. The van der Waals surface area contributed by atoms with E-state index in [-0.39, 0.29) is 11.7 Å². The van der Waals surface area contributed by atoms with Crippen molar-refractivity contribution in [2.45, 2.75) is 0 Å². The molecule has 9 heteroatoms. The Hall–Kier alpha value is -3.52. The number of carbonyl (C=O) groups excluding carboxylic acids is 1. The predicted molar refractivity (Wildman–Crippen MR) is 109 cm³/mol. The molecule has 0 aliphatic carbocycles. The van der Waals surface area contributed by atoms with Gasteiger partial charge >= 0.3 is 0 Å². The average molecular weight is 419 g/mol. The highest BCUT2D eigenvalue weighted by molar-refractivity contribution is 6.33. The monoisotopic (exact) mass is 418 g/mol. The molecule has 0 aliphatic heterocycles. The smallest absolute Gasteiger partial charge is 0.291 e. The molecule has 3 aromatic rings. The summed E-state index contributed by atoms with van der Waals surface area (Å²) in [6, 6.07) is 11.0. The lowest BCUT2D eigenvalue weighted by atomic mass is 10.2. The van der Waals surface area contributed by atoms with E-state index in [1.165, 1.54) is 33.5 Å². The van der Waals surface area contributed by atoms with Gasteiger partial charge in [-0.25, -0.2) is 0 Å². The Morgan fingerprint density at radius 2 is 1.66 bits per heavy atom. The highest BCUT2D eigenvalue weighted by Crippen LogP contribution is 2.39. The van der Waals surface area contributed by atoms with E-state index in [4.69, 9.17) is 40.7 Å². The molecular formula is C20H19ClN2O6. The number of hydrogen-bond acceptors (Lipinski definition) is 7. The van der Waals surface area contributed by atoms with E-state index in [1.807, 2.05) is 0 Å². The number of anilines is 2. The molecule has 1 aromatic heterocycles. The molecule has 0 saturated heterocycles. The lowest BCUT2D eigenvalue weighted by Crippen LogP contribution is -2.13. The standard InChI is InChI=1S/C20H19ClN2O6/c1-25-12-9-16(26-2)19(17(10-12)27-3)23-20(24)15-6-7-18(29-15)28-11-4-5-14(22)13(21)8-11/h4-10H,22H2,1-3H3,(H,23,24). The Morgan fingerprint density at radius 3 is 2.24 bits per heavy atom. The number of ether oxygens (including phenoxy) is 4. The SMILES string of the molecule is COc1cc(OC)c(NC(=O)c2ccc(Oc3ccc(N)c(Cl)c3)o2)c(OC)c1. The molecule has 0 bridgehead atoms. The van der Waals surface area contributed by atoms with E-state index in [0.717, 1.165) is 0 Å². The van der Waals surface area contributed by atoms with Crippen LogP contribution in [0.1, 0.15) is 10.6 Å². The zero-order valence-corrected chi connectivity index (χ0v) is 16.7. The van der Waals surface area contributed by atoms with Crippen LogP contribution in [0.5, 0.6) is 28.9 Å². The maximum Gasteiger partial charge on any atom is 0.291 e. The summed E-state index contributed by atoms with van der Waals surface area (Å²) in [5, 5.41) is 3.06. The summed E-state index contributed by atoms with van der Waals surface area (Å²) in [6.07, 6.45) is 0. The molecule has 0 fully saturated rings. The number of nitrogen functional groups attached to an aromatic ring is 1. The Labute approximate surface area is 172 Å². The van der Waals surface area contributed by atoms with Gasteiger partial charge in [-0.15, -0.1) is 0 Å². The predicted octanol–water partition coefficient (Wildman–Crippen LogP) is 4.59. The van der Waals surface area contributed by atoms with Crippen LogP contribution < -0.4 is 30.0 Å². The minimum atomic E-state index is -0.517. The Balaban J connectivity index is 1.79. The quantitative estimate of drug-likeness (QED) is 0.540. The summed E-state index contributed by atoms with van der Waals surface area (Å²) in [5.74, 6) is 1.31. The number of carbonyl (C=O) groups is 1. The third kappa shape index (κ3) is 4.49. The number of amides is 1. The van der Waals surface area contributed by atoms with Gasteiger partial charge in [-0.1, -0.05) is 11.6 Å². The highest BCUT2D eigenvalue weighted by Gasteiger charge is 2.19.